The second-order valence-corrected chi connectivity index (χ2v) is 11.2. The third-order valence-electron chi connectivity index (χ3n) is 4.75. The van der Waals surface area contributed by atoms with Crippen molar-refractivity contribution in [3.05, 3.63) is 0 Å². The summed E-state index contributed by atoms with van der Waals surface area (Å²) >= 11 is 0. The second-order valence-electron chi connectivity index (χ2n) is 6.73. The molecule has 8 nitrogen and oxygen atoms in total. The Morgan fingerprint density at radius 1 is 0.783 bits per heavy atom. The van der Waals surface area contributed by atoms with Gasteiger partial charge in [0.05, 0.1) is 23.0 Å². The SMILES string of the molecule is O=C(NC1CCS(=O)(=O)C1)C1(C(=O)NC2CCS(=O)(=O)C2)CC1. The van der Waals surface area contributed by atoms with Crippen molar-refractivity contribution in [1.82, 2.24) is 10.6 Å². The van der Waals surface area contributed by atoms with E-state index in [1.807, 2.05) is 0 Å². The number of sulfone groups is 2. The third kappa shape index (κ3) is 3.52. The molecule has 3 fully saturated rings. The lowest BCUT2D eigenvalue weighted by Gasteiger charge is -2.20. The predicted molar refractivity (Wildman–Crippen MR) is 82.1 cm³/mol. The van der Waals surface area contributed by atoms with Crippen molar-refractivity contribution >= 4 is 31.5 Å². The molecule has 0 aromatic heterocycles. The van der Waals surface area contributed by atoms with Crippen molar-refractivity contribution in [3.63, 3.8) is 0 Å². The van der Waals surface area contributed by atoms with Gasteiger partial charge in [0, 0.05) is 12.1 Å². The summed E-state index contributed by atoms with van der Waals surface area (Å²) in [6.45, 7) is 0. The van der Waals surface area contributed by atoms with Crippen LogP contribution < -0.4 is 10.6 Å². The van der Waals surface area contributed by atoms with E-state index in [2.05, 4.69) is 10.6 Å². The summed E-state index contributed by atoms with van der Waals surface area (Å²) in [5, 5.41) is 5.32. The van der Waals surface area contributed by atoms with E-state index in [1.54, 1.807) is 0 Å². The maximum Gasteiger partial charge on any atom is 0.235 e. The van der Waals surface area contributed by atoms with Crippen LogP contribution in [-0.2, 0) is 29.3 Å². The highest BCUT2D eigenvalue weighted by atomic mass is 32.2. The highest BCUT2D eigenvalue weighted by molar-refractivity contribution is 7.91. The lowest BCUT2D eigenvalue weighted by Crippen LogP contribution is -2.49. The van der Waals surface area contributed by atoms with Crippen molar-refractivity contribution in [1.29, 1.82) is 0 Å². The summed E-state index contributed by atoms with van der Waals surface area (Å²) in [4.78, 5) is 24.7. The Morgan fingerprint density at radius 3 is 1.43 bits per heavy atom. The standard InChI is InChI=1S/C13H20N2O6S2/c16-11(14-9-1-5-22(18,19)7-9)13(3-4-13)12(17)15-10-2-6-23(20,21)8-10/h9-10H,1-8H2,(H,14,16)(H,15,17). The zero-order valence-corrected chi connectivity index (χ0v) is 14.2. The van der Waals surface area contributed by atoms with Crippen LogP contribution in [0, 0.1) is 5.41 Å². The lowest BCUT2D eigenvalue weighted by molar-refractivity contribution is -0.137. The molecule has 2 atom stereocenters. The van der Waals surface area contributed by atoms with Crippen LogP contribution in [0.15, 0.2) is 0 Å². The summed E-state index contributed by atoms with van der Waals surface area (Å²) in [6, 6.07) is -0.880. The molecule has 3 aliphatic rings. The van der Waals surface area contributed by atoms with Gasteiger partial charge in [0.15, 0.2) is 19.7 Å². The fourth-order valence-electron chi connectivity index (χ4n) is 3.15. The van der Waals surface area contributed by atoms with E-state index < -0.39 is 49.0 Å². The monoisotopic (exact) mass is 364 g/mol. The van der Waals surface area contributed by atoms with E-state index >= 15 is 0 Å². The molecule has 3 rings (SSSR count). The molecule has 0 aromatic rings. The predicted octanol–water partition coefficient (Wildman–Crippen LogP) is -1.63. The second kappa shape index (κ2) is 5.44. The molecule has 2 heterocycles. The van der Waals surface area contributed by atoms with Gasteiger partial charge in [0.25, 0.3) is 0 Å². The maximum absolute atomic E-state index is 12.4. The molecule has 0 aromatic carbocycles. The maximum atomic E-state index is 12.4. The number of hydrogen-bond acceptors (Lipinski definition) is 6. The quantitative estimate of drug-likeness (QED) is 0.577. The first kappa shape index (κ1) is 16.7. The van der Waals surface area contributed by atoms with E-state index in [0.717, 1.165) is 0 Å². The minimum absolute atomic E-state index is 0.0527. The van der Waals surface area contributed by atoms with E-state index in [9.17, 15) is 26.4 Å². The Hall–Kier alpha value is -1.16. The van der Waals surface area contributed by atoms with E-state index in [1.165, 1.54) is 0 Å². The minimum atomic E-state index is -3.10. The first-order valence-electron chi connectivity index (χ1n) is 7.65. The van der Waals surface area contributed by atoms with E-state index in [-0.39, 0.29) is 23.0 Å². The van der Waals surface area contributed by atoms with Gasteiger partial charge in [-0.25, -0.2) is 16.8 Å². The molecule has 23 heavy (non-hydrogen) atoms. The summed E-state index contributed by atoms with van der Waals surface area (Å²) in [6.07, 6.45) is 1.55. The lowest BCUT2D eigenvalue weighted by atomic mass is 10.0. The molecule has 0 radical (unpaired) electrons. The van der Waals surface area contributed by atoms with Gasteiger partial charge < -0.3 is 10.6 Å². The van der Waals surface area contributed by atoms with Crippen molar-refractivity contribution in [2.45, 2.75) is 37.8 Å². The third-order valence-corrected chi connectivity index (χ3v) is 8.29. The molecular weight excluding hydrogens is 344 g/mol. The summed E-state index contributed by atoms with van der Waals surface area (Å²) < 4.78 is 45.7. The van der Waals surface area contributed by atoms with Crippen LogP contribution in [0.5, 0.6) is 0 Å². The molecule has 130 valence electrons. The topological polar surface area (TPSA) is 126 Å². The van der Waals surface area contributed by atoms with Crippen LogP contribution in [0.2, 0.25) is 0 Å². The van der Waals surface area contributed by atoms with Crippen molar-refractivity contribution < 1.29 is 26.4 Å². The molecule has 0 spiro atoms. The zero-order valence-electron chi connectivity index (χ0n) is 12.6. The number of nitrogens with one attached hydrogen (secondary N) is 2. The van der Waals surface area contributed by atoms with E-state index in [0.29, 0.717) is 25.7 Å². The Labute approximate surface area is 135 Å². The van der Waals surface area contributed by atoms with Crippen LogP contribution >= 0.6 is 0 Å². The number of carbonyl (C=O) groups excluding carboxylic acids is 2. The van der Waals surface area contributed by atoms with E-state index in [4.69, 9.17) is 0 Å². The smallest absolute Gasteiger partial charge is 0.235 e. The molecule has 2 N–H and O–H groups in total. The first-order chi connectivity index (χ1) is 10.6. The van der Waals surface area contributed by atoms with Crippen molar-refractivity contribution in [2.75, 3.05) is 23.0 Å². The van der Waals surface area contributed by atoms with Gasteiger partial charge in [-0.3, -0.25) is 9.59 Å². The highest BCUT2D eigenvalue weighted by Crippen LogP contribution is 2.46. The number of rotatable bonds is 4. The first-order valence-corrected chi connectivity index (χ1v) is 11.3. The number of hydrogen-bond donors (Lipinski definition) is 2. The Kier molecular flexibility index (Phi) is 3.95. The molecule has 10 heteroatoms. The van der Waals surface area contributed by atoms with Crippen LogP contribution in [0.25, 0.3) is 0 Å². The summed E-state index contributed by atoms with van der Waals surface area (Å²) in [5.74, 6) is -0.959. The van der Waals surface area contributed by atoms with Crippen LogP contribution in [0.3, 0.4) is 0 Å². The highest BCUT2D eigenvalue weighted by Gasteiger charge is 2.57. The van der Waals surface area contributed by atoms with Crippen LogP contribution in [-0.4, -0.2) is 63.7 Å². The molecule has 0 bridgehead atoms. The minimum Gasteiger partial charge on any atom is -0.351 e. The summed E-state index contributed by atoms with van der Waals surface area (Å²) in [5.41, 5.74) is -1.15. The van der Waals surface area contributed by atoms with Gasteiger partial charge >= 0.3 is 0 Å². The normalized spacial score (nSPS) is 33.0. The molecule has 2 unspecified atom stereocenters. The van der Waals surface area contributed by atoms with Gasteiger partial charge in [0.2, 0.25) is 11.8 Å². The van der Waals surface area contributed by atoms with Crippen LogP contribution in [0.4, 0.5) is 0 Å². The molecular formula is C13H20N2O6S2. The molecule has 2 aliphatic heterocycles. The van der Waals surface area contributed by atoms with Crippen molar-refractivity contribution in [2.24, 2.45) is 5.41 Å². The largest absolute Gasteiger partial charge is 0.351 e. The zero-order chi connectivity index (χ0) is 16.9. The Bertz CT molecular complexity index is 678. The average Bonchev–Trinajstić information content (AvgIpc) is 3.08. The fraction of sp³-hybridized carbons (Fsp3) is 0.846. The summed E-state index contributed by atoms with van der Waals surface area (Å²) in [7, 11) is -6.20. The number of amides is 2. The van der Waals surface area contributed by atoms with Gasteiger partial charge in [-0.15, -0.1) is 0 Å². The van der Waals surface area contributed by atoms with Gasteiger partial charge in [0.1, 0.15) is 5.41 Å². The molecule has 1 saturated carbocycles. The van der Waals surface area contributed by atoms with Gasteiger partial charge in [-0.2, -0.15) is 0 Å². The average molecular weight is 364 g/mol. The van der Waals surface area contributed by atoms with Gasteiger partial charge in [-0.1, -0.05) is 0 Å². The Morgan fingerprint density at radius 2 is 1.17 bits per heavy atom. The van der Waals surface area contributed by atoms with Gasteiger partial charge in [-0.05, 0) is 25.7 Å². The van der Waals surface area contributed by atoms with Crippen LogP contribution in [0.1, 0.15) is 25.7 Å². The molecule has 1 aliphatic carbocycles. The number of carbonyl (C=O) groups is 2. The fourth-order valence-corrected chi connectivity index (χ4v) is 6.49. The molecule has 2 amide bonds. The Balaban J connectivity index is 1.58. The molecule has 2 saturated heterocycles. The van der Waals surface area contributed by atoms with Crippen molar-refractivity contribution in [3.8, 4) is 0 Å².